The van der Waals surface area contributed by atoms with E-state index in [2.05, 4.69) is 38.5 Å². The SMILES string of the molecule is NCCCCC(N)C(=O)NC(CS)C(=O)NC(Cc1cnc[nH]1)C(=O)NC(CCC(N)=O)C(=O)O. The molecule has 4 unspecified atom stereocenters. The van der Waals surface area contributed by atoms with Gasteiger partial charge in [-0.25, -0.2) is 9.78 Å². The Labute approximate surface area is 207 Å². The van der Waals surface area contributed by atoms with Crippen LogP contribution in [0, 0.1) is 0 Å². The zero-order chi connectivity index (χ0) is 26.4. The fraction of sp³-hybridized carbons (Fsp3) is 0.600. The maximum atomic E-state index is 12.9. The molecule has 0 aliphatic heterocycles. The van der Waals surface area contributed by atoms with Gasteiger partial charge in [0.2, 0.25) is 23.6 Å². The Kier molecular flexibility index (Phi) is 13.4. The number of hydrogen-bond donors (Lipinski definition) is 9. The summed E-state index contributed by atoms with van der Waals surface area (Å²) in [5.74, 6) is -4.25. The summed E-state index contributed by atoms with van der Waals surface area (Å²) in [6, 6.07) is -4.57. The molecule has 35 heavy (non-hydrogen) atoms. The van der Waals surface area contributed by atoms with E-state index >= 15 is 0 Å². The average Bonchev–Trinajstić information content (AvgIpc) is 3.32. The van der Waals surface area contributed by atoms with Crippen LogP contribution in [0.15, 0.2) is 12.5 Å². The van der Waals surface area contributed by atoms with Crippen molar-refractivity contribution in [2.75, 3.05) is 12.3 Å². The number of carboxylic acids is 1. The number of aromatic nitrogens is 2. The lowest BCUT2D eigenvalue weighted by Gasteiger charge is -2.24. The molecule has 0 aromatic carbocycles. The highest BCUT2D eigenvalue weighted by Crippen LogP contribution is 2.05. The van der Waals surface area contributed by atoms with E-state index in [4.69, 9.17) is 17.2 Å². The Morgan fingerprint density at radius 3 is 2.17 bits per heavy atom. The minimum atomic E-state index is -1.40. The minimum Gasteiger partial charge on any atom is -0.480 e. The number of carbonyl (C=O) groups excluding carboxylic acids is 4. The van der Waals surface area contributed by atoms with Gasteiger partial charge in [-0.1, -0.05) is 6.42 Å². The van der Waals surface area contributed by atoms with Crippen molar-refractivity contribution in [3.63, 3.8) is 0 Å². The molecule has 1 aromatic rings. The molecule has 1 rings (SSSR count). The number of carbonyl (C=O) groups is 5. The molecule has 0 fully saturated rings. The van der Waals surface area contributed by atoms with Gasteiger partial charge in [0.15, 0.2) is 0 Å². The van der Waals surface area contributed by atoms with Gasteiger partial charge >= 0.3 is 5.97 Å². The van der Waals surface area contributed by atoms with Crippen molar-refractivity contribution < 1.29 is 29.1 Å². The van der Waals surface area contributed by atoms with Crippen molar-refractivity contribution in [1.29, 1.82) is 0 Å². The van der Waals surface area contributed by atoms with Crippen LogP contribution in [-0.4, -0.2) is 81.1 Å². The van der Waals surface area contributed by atoms with E-state index in [0.717, 1.165) is 0 Å². The lowest BCUT2D eigenvalue weighted by molar-refractivity contribution is -0.142. The molecule has 196 valence electrons. The molecule has 0 bridgehead atoms. The largest absolute Gasteiger partial charge is 0.480 e. The maximum Gasteiger partial charge on any atom is 0.326 e. The Morgan fingerprint density at radius 1 is 1.00 bits per heavy atom. The van der Waals surface area contributed by atoms with Crippen LogP contribution in [0.1, 0.15) is 37.8 Å². The van der Waals surface area contributed by atoms with Gasteiger partial charge in [0, 0.05) is 30.5 Å². The smallest absolute Gasteiger partial charge is 0.326 e. The van der Waals surface area contributed by atoms with Crippen molar-refractivity contribution in [2.24, 2.45) is 17.2 Å². The predicted octanol–water partition coefficient (Wildman–Crippen LogP) is -2.86. The first-order valence-electron chi connectivity index (χ1n) is 11.0. The molecule has 0 spiro atoms. The Hall–Kier alpha value is -3.17. The normalized spacial score (nSPS) is 14.3. The lowest BCUT2D eigenvalue weighted by Crippen LogP contribution is -2.58. The molecule has 1 heterocycles. The first kappa shape index (κ1) is 29.9. The van der Waals surface area contributed by atoms with Crippen LogP contribution < -0.4 is 33.2 Å². The van der Waals surface area contributed by atoms with Crippen molar-refractivity contribution in [3.05, 3.63) is 18.2 Å². The van der Waals surface area contributed by atoms with Crippen molar-refractivity contribution in [2.45, 2.75) is 62.7 Å². The molecule has 0 radical (unpaired) electrons. The minimum absolute atomic E-state index is 0.0500. The topological polar surface area (TPSA) is 248 Å². The third-order valence-electron chi connectivity index (χ3n) is 5.03. The van der Waals surface area contributed by atoms with Gasteiger partial charge in [-0.2, -0.15) is 12.6 Å². The van der Waals surface area contributed by atoms with Crippen LogP contribution in [0.25, 0.3) is 0 Å². The monoisotopic (exact) mass is 514 g/mol. The Morgan fingerprint density at radius 2 is 1.63 bits per heavy atom. The van der Waals surface area contributed by atoms with Crippen molar-refractivity contribution in [1.82, 2.24) is 25.9 Å². The average molecular weight is 515 g/mol. The number of aromatic amines is 1. The van der Waals surface area contributed by atoms with Gasteiger partial charge < -0.3 is 43.2 Å². The summed E-state index contributed by atoms with van der Waals surface area (Å²) < 4.78 is 0. The van der Waals surface area contributed by atoms with Gasteiger partial charge in [0.1, 0.15) is 18.1 Å². The Bertz CT molecular complexity index is 853. The van der Waals surface area contributed by atoms with Gasteiger partial charge in [-0.3, -0.25) is 19.2 Å². The Balaban J connectivity index is 2.90. The van der Waals surface area contributed by atoms with Crippen LogP contribution in [0.2, 0.25) is 0 Å². The van der Waals surface area contributed by atoms with Gasteiger partial charge in [0.05, 0.1) is 12.4 Å². The number of nitrogens with two attached hydrogens (primary N) is 3. The van der Waals surface area contributed by atoms with Crippen LogP contribution in [0.4, 0.5) is 0 Å². The van der Waals surface area contributed by atoms with E-state index in [0.29, 0.717) is 31.5 Å². The van der Waals surface area contributed by atoms with Crippen LogP contribution in [0.3, 0.4) is 0 Å². The van der Waals surface area contributed by atoms with Gasteiger partial charge in [0.25, 0.3) is 0 Å². The second-order valence-electron chi connectivity index (χ2n) is 7.88. The number of aliphatic carboxylic acids is 1. The first-order valence-corrected chi connectivity index (χ1v) is 11.7. The summed E-state index contributed by atoms with van der Waals surface area (Å²) in [4.78, 5) is 67.3. The van der Waals surface area contributed by atoms with Crippen LogP contribution in [0.5, 0.6) is 0 Å². The molecule has 15 heteroatoms. The highest BCUT2D eigenvalue weighted by atomic mass is 32.1. The number of amides is 4. The first-order chi connectivity index (χ1) is 16.6. The number of thiol groups is 1. The summed E-state index contributed by atoms with van der Waals surface area (Å²) in [5, 5.41) is 16.7. The van der Waals surface area contributed by atoms with E-state index in [9.17, 15) is 29.1 Å². The van der Waals surface area contributed by atoms with Crippen LogP contribution >= 0.6 is 12.6 Å². The number of hydrogen-bond acceptors (Lipinski definition) is 9. The zero-order valence-corrected chi connectivity index (χ0v) is 20.1. The molecule has 4 amide bonds. The van der Waals surface area contributed by atoms with Crippen LogP contribution in [-0.2, 0) is 30.4 Å². The zero-order valence-electron chi connectivity index (χ0n) is 19.2. The lowest BCUT2D eigenvalue weighted by atomic mass is 10.1. The summed E-state index contributed by atoms with van der Waals surface area (Å²) in [5.41, 5.74) is 16.8. The fourth-order valence-electron chi connectivity index (χ4n) is 3.03. The predicted molar refractivity (Wildman–Crippen MR) is 129 cm³/mol. The number of primary amides is 1. The molecule has 0 saturated carbocycles. The van der Waals surface area contributed by atoms with Crippen molar-refractivity contribution in [3.8, 4) is 0 Å². The van der Waals surface area contributed by atoms with E-state index in [1.165, 1.54) is 12.5 Å². The highest BCUT2D eigenvalue weighted by Gasteiger charge is 2.30. The van der Waals surface area contributed by atoms with E-state index in [1.54, 1.807) is 0 Å². The molecule has 0 aliphatic carbocycles. The highest BCUT2D eigenvalue weighted by molar-refractivity contribution is 7.80. The number of unbranched alkanes of at least 4 members (excludes halogenated alkanes) is 1. The molecule has 0 saturated heterocycles. The fourth-order valence-corrected chi connectivity index (χ4v) is 3.28. The summed E-state index contributed by atoms with van der Waals surface area (Å²) >= 11 is 4.11. The maximum absolute atomic E-state index is 12.9. The summed E-state index contributed by atoms with van der Waals surface area (Å²) in [6.07, 6.45) is 4.03. The quantitative estimate of drug-likeness (QED) is 0.0765. The third-order valence-corrected chi connectivity index (χ3v) is 5.39. The number of carboxylic acid groups (broad SMARTS) is 1. The van der Waals surface area contributed by atoms with E-state index in [-0.39, 0.29) is 25.0 Å². The third kappa shape index (κ3) is 11.2. The standard InChI is InChI=1S/C20H34N8O6S/c21-6-2-1-3-12(22)17(30)28-15(9-35)19(32)27-14(7-11-8-24-10-25-11)18(31)26-13(20(33)34)4-5-16(23)29/h8,10,12-15,35H,1-7,9,21-22H2,(H2,23,29)(H,24,25)(H,26,31)(H,27,32)(H,28,30)(H,33,34). The molecule has 4 atom stereocenters. The molecule has 0 aliphatic rings. The second-order valence-corrected chi connectivity index (χ2v) is 8.25. The van der Waals surface area contributed by atoms with Crippen molar-refractivity contribution >= 4 is 42.2 Å². The number of rotatable bonds is 17. The molecule has 1 aromatic heterocycles. The second kappa shape index (κ2) is 15.7. The van der Waals surface area contributed by atoms with Gasteiger partial charge in [-0.05, 0) is 25.8 Å². The molecular weight excluding hydrogens is 480 g/mol. The van der Waals surface area contributed by atoms with E-state index in [1.807, 2.05) is 0 Å². The summed E-state index contributed by atoms with van der Waals surface area (Å²) in [7, 11) is 0. The molecule has 14 nitrogen and oxygen atoms in total. The number of imidazole rings is 1. The molecular formula is C20H34N8O6S. The molecule has 11 N–H and O–H groups in total. The number of nitrogens with one attached hydrogen (secondary N) is 4. The van der Waals surface area contributed by atoms with Gasteiger partial charge in [-0.15, -0.1) is 0 Å². The number of H-pyrrole nitrogens is 1. The number of nitrogens with zero attached hydrogens (tertiary/aromatic N) is 1. The summed E-state index contributed by atoms with van der Waals surface area (Å²) in [6.45, 7) is 0.473. The van der Waals surface area contributed by atoms with E-state index < -0.39 is 53.8 Å².